The highest BCUT2D eigenvalue weighted by atomic mass is 16.4. The molecule has 1 atom stereocenters. The second-order valence-electron chi connectivity index (χ2n) is 6.59. The molecule has 112 valence electrons. The van der Waals surface area contributed by atoms with Gasteiger partial charge in [0.15, 0.2) is 5.58 Å². The van der Waals surface area contributed by atoms with E-state index in [-0.39, 0.29) is 23.9 Å². The predicted molar refractivity (Wildman–Crippen MR) is 80.0 cm³/mol. The summed E-state index contributed by atoms with van der Waals surface area (Å²) in [6.07, 6.45) is 3.10. The first-order valence-corrected chi connectivity index (χ1v) is 7.32. The van der Waals surface area contributed by atoms with Crippen LogP contribution in [0.4, 0.5) is 0 Å². The summed E-state index contributed by atoms with van der Waals surface area (Å²) in [5, 5.41) is 3.02. The first-order valence-electron chi connectivity index (χ1n) is 7.32. The molecule has 0 saturated heterocycles. The summed E-state index contributed by atoms with van der Waals surface area (Å²) < 4.78 is 6.51. The van der Waals surface area contributed by atoms with Gasteiger partial charge in [0, 0.05) is 6.04 Å². The number of amides is 1. The van der Waals surface area contributed by atoms with Crippen LogP contribution in [-0.2, 0) is 11.3 Å². The molecule has 0 aliphatic heterocycles. The number of carbonyl (C=O) groups excluding carboxylic acids is 1. The molecule has 1 fully saturated rings. The van der Waals surface area contributed by atoms with Gasteiger partial charge in [-0.3, -0.25) is 9.36 Å². The van der Waals surface area contributed by atoms with Crippen LogP contribution in [0.1, 0.15) is 33.1 Å². The Hall–Kier alpha value is -2.04. The highest BCUT2D eigenvalue weighted by Crippen LogP contribution is 2.36. The van der Waals surface area contributed by atoms with Crippen molar-refractivity contribution in [1.82, 2.24) is 9.88 Å². The number of hydrogen-bond donors (Lipinski definition) is 1. The van der Waals surface area contributed by atoms with Crippen LogP contribution in [0.5, 0.6) is 0 Å². The SMILES string of the molecule is CC1(C)CCC(NC(=O)Cn2c(=O)oc3ccccc32)C1. The monoisotopic (exact) mass is 288 g/mol. The molecule has 1 heterocycles. The molecule has 1 saturated carbocycles. The predicted octanol–water partition coefficient (Wildman–Crippen LogP) is 2.29. The molecule has 1 unspecified atom stereocenters. The van der Waals surface area contributed by atoms with E-state index in [2.05, 4.69) is 19.2 Å². The highest BCUT2D eigenvalue weighted by molar-refractivity contribution is 5.79. The molecule has 3 rings (SSSR count). The molecule has 0 radical (unpaired) electrons. The molecule has 1 N–H and O–H groups in total. The molecular weight excluding hydrogens is 268 g/mol. The quantitative estimate of drug-likeness (QED) is 0.942. The Bertz CT molecular complexity index is 726. The minimum Gasteiger partial charge on any atom is -0.408 e. The second kappa shape index (κ2) is 5.06. The Kier molecular flexibility index (Phi) is 3.35. The van der Waals surface area contributed by atoms with E-state index >= 15 is 0 Å². The molecule has 5 heteroatoms. The maximum absolute atomic E-state index is 12.2. The topological polar surface area (TPSA) is 64.2 Å². The molecule has 0 bridgehead atoms. The number of nitrogens with one attached hydrogen (secondary N) is 1. The minimum atomic E-state index is -0.488. The zero-order valence-corrected chi connectivity index (χ0v) is 12.4. The van der Waals surface area contributed by atoms with Gasteiger partial charge >= 0.3 is 5.76 Å². The van der Waals surface area contributed by atoms with Crippen molar-refractivity contribution in [2.24, 2.45) is 5.41 Å². The summed E-state index contributed by atoms with van der Waals surface area (Å²) in [4.78, 5) is 24.0. The molecule has 1 amide bonds. The molecular formula is C16H20N2O3. The summed E-state index contributed by atoms with van der Waals surface area (Å²) in [6.45, 7) is 4.44. The zero-order chi connectivity index (χ0) is 15.0. The van der Waals surface area contributed by atoms with E-state index < -0.39 is 5.76 Å². The van der Waals surface area contributed by atoms with E-state index in [9.17, 15) is 9.59 Å². The van der Waals surface area contributed by atoms with E-state index in [1.807, 2.05) is 6.07 Å². The second-order valence-corrected chi connectivity index (χ2v) is 6.59. The maximum atomic E-state index is 12.2. The van der Waals surface area contributed by atoms with Gasteiger partial charge in [-0.1, -0.05) is 26.0 Å². The lowest BCUT2D eigenvalue weighted by atomic mass is 9.92. The van der Waals surface area contributed by atoms with Crippen LogP contribution in [0, 0.1) is 5.41 Å². The normalized spacial score (nSPS) is 20.8. The van der Waals surface area contributed by atoms with E-state index in [4.69, 9.17) is 4.42 Å². The van der Waals surface area contributed by atoms with Crippen molar-refractivity contribution in [1.29, 1.82) is 0 Å². The minimum absolute atomic E-state index is 0.00672. The van der Waals surface area contributed by atoms with E-state index in [1.54, 1.807) is 18.2 Å². The molecule has 1 aliphatic rings. The summed E-state index contributed by atoms with van der Waals surface area (Å²) in [5.74, 6) is -0.621. The number of rotatable bonds is 3. The van der Waals surface area contributed by atoms with E-state index in [1.165, 1.54) is 4.57 Å². The third-order valence-corrected chi connectivity index (χ3v) is 4.21. The summed E-state index contributed by atoms with van der Waals surface area (Å²) in [6, 6.07) is 7.35. The molecule has 1 aromatic carbocycles. The van der Waals surface area contributed by atoms with Crippen molar-refractivity contribution in [2.45, 2.75) is 45.7 Å². The van der Waals surface area contributed by atoms with Crippen LogP contribution >= 0.6 is 0 Å². The fourth-order valence-corrected chi connectivity index (χ4v) is 3.14. The van der Waals surface area contributed by atoms with Crippen molar-refractivity contribution in [3.05, 3.63) is 34.8 Å². The fraction of sp³-hybridized carbons (Fsp3) is 0.500. The van der Waals surface area contributed by atoms with Crippen LogP contribution in [0.2, 0.25) is 0 Å². The molecule has 21 heavy (non-hydrogen) atoms. The molecule has 0 spiro atoms. The van der Waals surface area contributed by atoms with Gasteiger partial charge in [0.2, 0.25) is 5.91 Å². The number of nitrogens with zero attached hydrogens (tertiary/aromatic N) is 1. The van der Waals surface area contributed by atoms with E-state index in [0.717, 1.165) is 19.3 Å². The van der Waals surface area contributed by atoms with Gasteiger partial charge in [0.05, 0.1) is 5.52 Å². The first-order chi connectivity index (χ1) is 9.94. The van der Waals surface area contributed by atoms with E-state index in [0.29, 0.717) is 11.1 Å². The van der Waals surface area contributed by atoms with Crippen molar-refractivity contribution in [3.63, 3.8) is 0 Å². The number of aromatic nitrogens is 1. The van der Waals surface area contributed by atoms with Crippen LogP contribution in [0.15, 0.2) is 33.5 Å². The fourth-order valence-electron chi connectivity index (χ4n) is 3.14. The van der Waals surface area contributed by atoms with Crippen molar-refractivity contribution in [3.8, 4) is 0 Å². The van der Waals surface area contributed by atoms with Crippen LogP contribution in [0.25, 0.3) is 11.1 Å². The maximum Gasteiger partial charge on any atom is 0.420 e. The van der Waals surface area contributed by atoms with Crippen molar-refractivity contribution in [2.75, 3.05) is 0 Å². The van der Waals surface area contributed by atoms with Crippen molar-refractivity contribution >= 4 is 17.0 Å². The molecule has 5 nitrogen and oxygen atoms in total. The Labute approximate surface area is 122 Å². The highest BCUT2D eigenvalue weighted by Gasteiger charge is 2.31. The standard InChI is InChI=1S/C16H20N2O3/c1-16(2)8-7-11(9-16)17-14(19)10-18-12-5-3-4-6-13(12)21-15(18)20/h3-6,11H,7-10H2,1-2H3,(H,17,19). The summed E-state index contributed by atoms with van der Waals surface area (Å²) >= 11 is 0. The number of hydrogen-bond acceptors (Lipinski definition) is 3. The molecule has 2 aromatic rings. The lowest BCUT2D eigenvalue weighted by molar-refractivity contribution is -0.122. The Morgan fingerprint density at radius 2 is 2.19 bits per heavy atom. The lowest BCUT2D eigenvalue weighted by Crippen LogP contribution is -2.37. The van der Waals surface area contributed by atoms with Gasteiger partial charge in [-0.2, -0.15) is 0 Å². The largest absolute Gasteiger partial charge is 0.420 e. The van der Waals surface area contributed by atoms with Crippen LogP contribution in [0.3, 0.4) is 0 Å². The first kappa shape index (κ1) is 13.9. The van der Waals surface area contributed by atoms with Gasteiger partial charge < -0.3 is 9.73 Å². The lowest BCUT2D eigenvalue weighted by Gasteiger charge is -2.17. The third-order valence-electron chi connectivity index (χ3n) is 4.21. The number of oxazole rings is 1. The summed E-state index contributed by atoms with van der Waals surface area (Å²) in [7, 11) is 0. The van der Waals surface area contributed by atoms with Gasteiger partial charge in [-0.05, 0) is 36.8 Å². The number of carbonyl (C=O) groups is 1. The third kappa shape index (κ3) is 2.86. The van der Waals surface area contributed by atoms with Crippen LogP contribution < -0.4 is 11.1 Å². The Balaban J connectivity index is 1.72. The van der Waals surface area contributed by atoms with Crippen LogP contribution in [-0.4, -0.2) is 16.5 Å². The van der Waals surface area contributed by atoms with Gasteiger partial charge in [0.1, 0.15) is 6.54 Å². The van der Waals surface area contributed by atoms with Gasteiger partial charge in [-0.15, -0.1) is 0 Å². The number of fused-ring (bicyclic) bond motifs is 1. The Morgan fingerprint density at radius 3 is 2.90 bits per heavy atom. The number of benzene rings is 1. The average molecular weight is 288 g/mol. The summed E-state index contributed by atoms with van der Waals surface area (Å²) in [5.41, 5.74) is 1.46. The molecule has 1 aromatic heterocycles. The molecule has 1 aliphatic carbocycles. The Morgan fingerprint density at radius 1 is 1.43 bits per heavy atom. The average Bonchev–Trinajstić information content (AvgIpc) is 2.90. The zero-order valence-electron chi connectivity index (χ0n) is 12.4. The number of para-hydroxylation sites is 2. The van der Waals surface area contributed by atoms with Gasteiger partial charge in [0.25, 0.3) is 0 Å². The van der Waals surface area contributed by atoms with Crippen molar-refractivity contribution < 1.29 is 9.21 Å². The smallest absolute Gasteiger partial charge is 0.408 e. The van der Waals surface area contributed by atoms with Gasteiger partial charge in [-0.25, -0.2) is 4.79 Å².